The predicted octanol–water partition coefficient (Wildman–Crippen LogP) is 4.40. The van der Waals surface area contributed by atoms with Crippen molar-refractivity contribution in [1.29, 1.82) is 5.26 Å². The van der Waals surface area contributed by atoms with E-state index in [1.54, 1.807) is 0 Å². The first-order chi connectivity index (χ1) is 15.3. The zero-order chi connectivity index (χ0) is 21.2. The molecular formula is C25H30N6. The molecule has 1 aromatic carbocycles. The van der Waals surface area contributed by atoms with Gasteiger partial charge in [0.2, 0.25) is 0 Å². The number of hydrogen-bond donors (Lipinski definition) is 2. The second-order valence-corrected chi connectivity index (χ2v) is 9.01. The van der Waals surface area contributed by atoms with Crippen molar-refractivity contribution < 1.29 is 0 Å². The Morgan fingerprint density at radius 2 is 1.94 bits per heavy atom. The van der Waals surface area contributed by atoms with Gasteiger partial charge < -0.3 is 9.88 Å². The molecule has 2 unspecified atom stereocenters. The van der Waals surface area contributed by atoms with Crippen LogP contribution in [0, 0.1) is 23.2 Å². The Bertz CT molecular complexity index is 1020. The summed E-state index contributed by atoms with van der Waals surface area (Å²) in [6, 6.07) is 12.6. The summed E-state index contributed by atoms with van der Waals surface area (Å²) < 4.78 is 2.35. The normalized spacial score (nSPS) is 25.4. The molecule has 6 nitrogen and oxygen atoms in total. The molecule has 0 bridgehead atoms. The molecule has 1 saturated carbocycles. The van der Waals surface area contributed by atoms with Crippen LogP contribution in [0.4, 0.5) is 0 Å². The van der Waals surface area contributed by atoms with Crippen molar-refractivity contribution in [1.82, 2.24) is 25.2 Å². The Balaban J connectivity index is 1.18. The Labute approximate surface area is 184 Å². The Hall–Kier alpha value is -2.75. The molecule has 0 aromatic heterocycles. The smallest absolute Gasteiger partial charge is 0.162 e. The fourth-order valence-corrected chi connectivity index (χ4v) is 5.41. The molecule has 1 aromatic rings. The molecular weight excluding hydrogens is 384 g/mol. The van der Waals surface area contributed by atoms with E-state index in [9.17, 15) is 0 Å². The van der Waals surface area contributed by atoms with E-state index in [1.165, 1.54) is 42.5 Å². The number of aromatic nitrogens is 3. The van der Waals surface area contributed by atoms with Crippen molar-refractivity contribution in [2.45, 2.75) is 57.8 Å². The lowest BCUT2D eigenvalue weighted by Crippen LogP contribution is -2.31. The van der Waals surface area contributed by atoms with Gasteiger partial charge in [-0.3, -0.25) is 5.32 Å². The summed E-state index contributed by atoms with van der Waals surface area (Å²) in [5.41, 5.74) is 4.56. The van der Waals surface area contributed by atoms with Crippen LogP contribution in [-0.2, 0) is 6.54 Å². The van der Waals surface area contributed by atoms with Crippen molar-refractivity contribution in [3.8, 4) is 17.5 Å². The first kappa shape index (κ1) is 20.2. The van der Waals surface area contributed by atoms with E-state index in [2.05, 4.69) is 44.2 Å². The van der Waals surface area contributed by atoms with E-state index in [0.717, 1.165) is 36.8 Å². The van der Waals surface area contributed by atoms with Crippen LogP contribution in [0.1, 0.15) is 68.1 Å². The summed E-state index contributed by atoms with van der Waals surface area (Å²) in [6.07, 6.45) is 10.3. The van der Waals surface area contributed by atoms with Crippen molar-refractivity contribution >= 4 is 0 Å². The van der Waals surface area contributed by atoms with Gasteiger partial charge in [-0.05, 0) is 74.2 Å². The van der Waals surface area contributed by atoms with Crippen LogP contribution in [-0.4, -0.2) is 21.1 Å². The highest BCUT2D eigenvalue weighted by Gasteiger charge is 2.38. The second kappa shape index (κ2) is 8.78. The summed E-state index contributed by atoms with van der Waals surface area (Å²) in [5, 5.41) is 16.5. The molecule has 3 heterocycles. The van der Waals surface area contributed by atoms with Crippen molar-refractivity contribution in [3.63, 3.8) is 0 Å². The predicted molar refractivity (Wildman–Crippen MR) is 120 cm³/mol. The Morgan fingerprint density at radius 3 is 2.68 bits per heavy atom. The third-order valence-corrected chi connectivity index (χ3v) is 7.13. The van der Waals surface area contributed by atoms with Gasteiger partial charge in [0.1, 0.15) is 0 Å². The third-order valence-electron chi connectivity index (χ3n) is 7.13. The van der Waals surface area contributed by atoms with E-state index in [1.807, 2.05) is 36.8 Å². The third kappa shape index (κ3) is 3.96. The standard InChI is InChI=1S/C25H30N6/c1-2-22-30-23(24-21-11-12-28-25(21)29-16-31(22)24)20-9-7-19(8-10-20)15-27-14-18-5-3-17(13-26)4-6-18/h3-6,11-12,16,19-20,22-23,27,30H,2,7-10,14-15H2,1H3. The van der Waals surface area contributed by atoms with Gasteiger partial charge in [0.25, 0.3) is 0 Å². The summed E-state index contributed by atoms with van der Waals surface area (Å²) in [4.78, 5) is 8.99. The van der Waals surface area contributed by atoms with Gasteiger partial charge in [0.05, 0.1) is 30.2 Å². The monoisotopic (exact) mass is 414 g/mol. The molecule has 2 atom stereocenters. The van der Waals surface area contributed by atoms with Gasteiger partial charge in [-0.15, -0.1) is 0 Å². The molecule has 0 amide bonds. The molecule has 0 radical (unpaired) electrons. The Kier molecular flexibility index (Phi) is 5.71. The fourth-order valence-electron chi connectivity index (χ4n) is 5.41. The molecule has 1 fully saturated rings. The topological polar surface area (TPSA) is 78.6 Å². The lowest BCUT2D eigenvalue weighted by atomic mass is 9.77. The van der Waals surface area contributed by atoms with E-state index >= 15 is 0 Å². The highest BCUT2D eigenvalue weighted by atomic mass is 15.3. The van der Waals surface area contributed by atoms with Gasteiger partial charge >= 0.3 is 0 Å². The summed E-state index contributed by atoms with van der Waals surface area (Å²) in [6.45, 7) is 4.17. The lowest BCUT2D eigenvalue weighted by Gasteiger charge is -2.33. The maximum absolute atomic E-state index is 8.92. The number of benzene rings is 1. The van der Waals surface area contributed by atoms with Crippen LogP contribution in [0.5, 0.6) is 0 Å². The molecule has 6 heteroatoms. The van der Waals surface area contributed by atoms with Gasteiger partial charge in [-0.1, -0.05) is 19.1 Å². The second-order valence-electron chi connectivity index (χ2n) is 9.01. The highest BCUT2D eigenvalue weighted by molar-refractivity contribution is 5.61. The number of rotatable bonds is 6. The average Bonchev–Trinajstić information content (AvgIpc) is 3.44. The van der Waals surface area contributed by atoms with Crippen LogP contribution in [0.15, 0.2) is 42.9 Å². The average molecular weight is 415 g/mol. The maximum atomic E-state index is 8.92. The molecule has 1 aliphatic carbocycles. The van der Waals surface area contributed by atoms with Crippen LogP contribution < -0.4 is 10.6 Å². The van der Waals surface area contributed by atoms with E-state index in [0.29, 0.717) is 18.1 Å². The van der Waals surface area contributed by atoms with Gasteiger partial charge in [-0.2, -0.15) is 5.26 Å². The minimum Gasteiger partial charge on any atom is -0.318 e. The number of nitrogens with one attached hydrogen (secondary N) is 2. The molecule has 3 aliphatic heterocycles. The van der Waals surface area contributed by atoms with Crippen molar-refractivity contribution in [3.05, 3.63) is 59.7 Å². The highest BCUT2D eigenvalue weighted by Crippen LogP contribution is 2.44. The van der Waals surface area contributed by atoms with Crippen LogP contribution >= 0.6 is 0 Å². The minimum atomic E-state index is 0.332. The maximum Gasteiger partial charge on any atom is 0.162 e. The molecule has 2 N–H and O–H groups in total. The van der Waals surface area contributed by atoms with Crippen LogP contribution in [0.2, 0.25) is 0 Å². The van der Waals surface area contributed by atoms with Gasteiger partial charge in [-0.25, -0.2) is 9.97 Å². The number of fused-ring (bicyclic) bond motifs is 3. The fraction of sp³-hybridized carbons (Fsp3) is 0.480. The van der Waals surface area contributed by atoms with E-state index < -0.39 is 0 Å². The molecule has 0 saturated heterocycles. The first-order valence-electron chi connectivity index (χ1n) is 11.5. The summed E-state index contributed by atoms with van der Waals surface area (Å²) >= 11 is 0. The summed E-state index contributed by atoms with van der Waals surface area (Å²) in [5.74, 6) is 2.27. The Morgan fingerprint density at radius 1 is 1.13 bits per heavy atom. The number of nitrogens with zero attached hydrogens (tertiary/aromatic N) is 4. The van der Waals surface area contributed by atoms with Crippen LogP contribution in [0.3, 0.4) is 0 Å². The molecule has 4 aliphatic rings. The summed E-state index contributed by atoms with van der Waals surface area (Å²) in [7, 11) is 0. The van der Waals surface area contributed by atoms with Crippen molar-refractivity contribution in [2.75, 3.05) is 6.54 Å². The minimum absolute atomic E-state index is 0.332. The zero-order valence-corrected chi connectivity index (χ0v) is 18.1. The van der Waals surface area contributed by atoms with E-state index in [-0.39, 0.29) is 0 Å². The lowest BCUT2D eigenvalue weighted by molar-refractivity contribution is 0.217. The molecule has 0 spiro atoms. The van der Waals surface area contributed by atoms with Crippen molar-refractivity contribution in [2.24, 2.45) is 11.8 Å². The van der Waals surface area contributed by atoms with Crippen LogP contribution in [0.25, 0.3) is 11.4 Å². The van der Waals surface area contributed by atoms with Gasteiger partial charge in [0, 0.05) is 24.0 Å². The number of hydrogen-bond acceptors (Lipinski definition) is 5. The van der Waals surface area contributed by atoms with E-state index in [4.69, 9.17) is 5.26 Å². The molecule has 5 rings (SSSR count). The number of nitriles is 1. The zero-order valence-electron chi connectivity index (χ0n) is 18.1. The van der Waals surface area contributed by atoms with Gasteiger partial charge in [0.15, 0.2) is 5.82 Å². The molecule has 31 heavy (non-hydrogen) atoms. The molecule has 160 valence electrons. The SMILES string of the molecule is CCC1NC(C2CCC(CNCc3ccc(C#N)cc3)CC2)c2c3ccnc-3ncn21. The largest absolute Gasteiger partial charge is 0.318 e. The quantitative estimate of drug-likeness (QED) is 0.625. The first-order valence-corrected chi connectivity index (χ1v) is 11.5.